The second kappa shape index (κ2) is 6.50. The molecule has 1 aromatic carbocycles. The fourth-order valence-corrected chi connectivity index (χ4v) is 2.68. The highest BCUT2D eigenvalue weighted by molar-refractivity contribution is 7.11. The monoisotopic (exact) mass is 326 g/mol. The summed E-state index contributed by atoms with van der Waals surface area (Å²) in [4.78, 5) is 17.2. The van der Waals surface area contributed by atoms with Gasteiger partial charge in [-0.15, -0.1) is 11.3 Å². The number of hydrogen-bond donors (Lipinski definition) is 1. The van der Waals surface area contributed by atoms with Crippen molar-refractivity contribution in [3.63, 3.8) is 0 Å². The number of amidine groups is 1. The minimum Gasteiger partial charge on any atom is -0.461 e. The quantitative estimate of drug-likeness (QED) is 0.342. The SMILES string of the molecule is Cc1cc(/C(N)=N/OC(=O)c2cccs2)c(-c2ccccc2)o1. The van der Waals surface area contributed by atoms with Crippen LogP contribution in [-0.4, -0.2) is 11.8 Å². The van der Waals surface area contributed by atoms with Crippen LogP contribution >= 0.6 is 11.3 Å². The van der Waals surface area contributed by atoms with Gasteiger partial charge in [-0.3, -0.25) is 0 Å². The molecular formula is C17H14N2O3S. The zero-order valence-corrected chi connectivity index (χ0v) is 13.2. The maximum absolute atomic E-state index is 11.8. The van der Waals surface area contributed by atoms with E-state index in [4.69, 9.17) is 15.0 Å². The van der Waals surface area contributed by atoms with Gasteiger partial charge in [0, 0.05) is 5.56 Å². The number of hydrogen-bond acceptors (Lipinski definition) is 5. The summed E-state index contributed by atoms with van der Waals surface area (Å²) in [6.07, 6.45) is 0. The normalized spacial score (nSPS) is 11.4. The van der Waals surface area contributed by atoms with Gasteiger partial charge in [0.05, 0.1) is 5.56 Å². The number of nitrogens with zero attached hydrogens (tertiary/aromatic N) is 1. The van der Waals surface area contributed by atoms with Crippen molar-refractivity contribution in [2.75, 3.05) is 0 Å². The van der Waals surface area contributed by atoms with E-state index in [1.54, 1.807) is 23.6 Å². The third-order valence-electron chi connectivity index (χ3n) is 3.12. The molecule has 2 heterocycles. The Morgan fingerprint density at radius 2 is 2.00 bits per heavy atom. The number of oxime groups is 1. The Hall–Kier alpha value is -2.86. The number of thiophene rings is 1. The van der Waals surface area contributed by atoms with Crippen LogP contribution in [0.1, 0.15) is 21.0 Å². The van der Waals surface area contributed by atoms with Crippen LogP contribution in [0.5, 0.6) is 0 Å². The number of carbonyl (C=O) groups is 1. The molecule has 0 amide bonds. The van der Waals surface area contributed by atoms with Crippen LogP contribution in [0.3, 0.4) is 0 Å². The molecule has 6 heteroatoms. The molecule has 0 aliphatic rings. The Bertz CT molecular complexity index is 836. The van der Waals surface area contributed by atoms with Crippen molar-refractivity contribution in [1.82, 2.24) is 0 Å². The highest BCUT2D eigenvalue weighted by Crippen LogP contribution is 2.27. The number of benzene rings is 1. The zero-order chi connectivity index (χ0) is 16.2. The minimum absolute atomic E-state index is 0.0885. The van der Waals surface area contributed by atoms with Gasteiger partial charge >= 0.3 is 5.97 Å². The van der Waals surface area contributed by atoms with Crippen LogP contribution in [0.25, 0.3) is 11.3 Å². The molecular weight excluding hydrogens is 312 g/mol. The predicted molar refractivity (Wildman–Crippen MR) is 89.3 cm³/mol. The second-order valence-electron chi connectivity index (χ2n) is 4.80. The fraction of sp³-hybridized carbons (Fsp3) is 0.0588. The maximum Gasteiger partial charge on any atom is 0.375 e. The predicted octanol–water partition coefficient (Wildman–Crippen LogP) is 3.79. The first kappa shape index (κ1) is 15.1. The van der Waals surface area contributed by atoms with E-state index in [-0.39, 0.29) is 5.84 Å². The largest absolute Gasteiger partial charge is 0.461 e. The first-order valence-corrected chi connectivity index (χ1v) is 7.77. The lowest BCUT2D eigenvalue weighted by molar-refractivity contribution is 0.0522. The Kier molecular flexibility index (Phi) is 4.25. The molecule has 0 aliphatic heterocycles. The maximum atomic E-state index is 11.8. The summed E-state index contributed by atoms with van der Waals surface area (Å²) in [6.45, 7) is 1.82. The molecule has 0 bridgehead atoms. The van der Waals surface area contributed by atoms with Gasteiger partial charge in [0.2, 0.25) is 0 Å². The van der Waals surface area contributed by atoms with Crippen LogP contribution in [-0.2, 0) is 4.84 Å². The van der Waals surface area contributed by atoms with Crippen LogP contribution in [0.15, 0.2) is 63.5 Å². The molecule has 0 aliphatic carbocycles. The topological polar surface area (TPSA) is 77.8 Å². The van der Waals surface area contributed by atoms with Crippen molar-refractivity contribution in [3.05, 3.63) is 70.1 Å². The van der Waals surface area contributed by atoms with Crippen LogP contribution in [0.2, 0.25) is 0 Å². The molecule has 0 unspecified atom stereocenters. The molecule has 2 aromatic heterocycles. The summed E-state index contributed by atoms with van der Waals surface area (Å²) in [7, 11) is 0. The van der Waals surface area contributed by atoms with Crippen molar-refractivity contribution in [3.8, 4) is 11.3 Å². The highest BCUT2D eigenvalue weighted by atomic mass is 32.1. The number of aryl methyl sites for hydroxylation is 1. The lowest BCUT2D eigenvalue weighted by atomic mass is 10.1. The molecule has 3 rings (SSSR count). The van der Waals surface area contributed by atoms with E-state index in [1.807, 2.05) is 37.3 Å². The van der Waals surface area contributed by atoms with E-state index < -0.39 is 5.97 Å². The summed E-state index contributed by atoms with van der Waals surface area (Å²) in [5, 5.41) is 5.53. The standard InChI is InChI=1S/C17H14N2O3S/c1-11-10-13(15(21-11)12-6-3-2-4-7-12)16(18)19-22-17(20)14-8-5-9-23-14/h2-10H,1H3,(H2,18,19). The van der Waals surface area contributed by atoms with Gasteiger partial charge in [0.1, 0.15) is 16.4 Å². The van der Waals surface area contributed by atoms with Gasteiger partial charge < -0.3 is 15.0 Å². The van der Waals surface area contributed by atoms with Crippen molar-refractivity contribution >= 4 is 23.1 Å². The molecule has 5 nitrogen and oxygen atoms in total. The lowest BCUT2D eigenvalue weighted by Gasteiger charge is -2.02. The fourth-order valence-electron chi connectivity index (χ4n) is 2.09. The van der Waals surface area contributed by atoms with E-state index in [0.717, 1.165) is 5.56 Å². The summed E-state index contributed by atoms with van der Waals surface area (Å²) in [6, 6.07) is 14.7. The molecule has 0 saturated heterocycles. The van der Waals surface area contributed by atoms with Gasteiger partial charge in [0.15, 0.2) is 5.84 Å². The van der Waals surface area contributed by atoms with Crippen LogP contribution in [0, 0.1) is 6.92 Å². The Labute approximate surface area is 137 Å². The lowest BCUT2D eigenvalue weighted by Crippen LogP contribution is -2.15. The van der Waals surface area contributed by atoms with E-state index >= 15 is 0 Å². The Morgan fingerprint density at radius 1 is 1.22 bits per heavy atom. The molecule has 0 fully saturated rings. The first-order valence-electron chi connectivity index (χ1n) is 6.89. The third-order valence-corrected chi connectivity index (χ3v) is 3.97. The van der Waals surface area contributed by atoms with Gasteiger partial charge in [-0.1, -0.05) is 41.6 Å². The molecule has 23 heavy (non-hydrogen) atoms. The van der Waals surface area contributed by atoms with Gasteiger partial charge in [-0.25, -0.2) is 4.79 Å². The van der Waals surface area contributed by atoms with Crippen LogP contribution in [0.4, 0.5) is 0 Å². The first-order chi connectivity index (χ1) is 11.1. The van der Waals surface area contributed by atoms with E-state index in [9.17, 15) is 4.79 Å². The van der Waals surface area contributed by atoms with E-state index in [1.165, 1.54) is 11.3 Å². The Morgan fingerprint density at radius 3 is 2.70 bits per heavy atom. The third kappa shape index (κ3) is 3.32. The summed E-state index contributed by atoms with van der Waals surface area (Å²) < 4.78 is 5.70. The number of furan rings is 1. The molecule has 0 atom stereocenters. The average molecular weight is 326 g/mol. The Balaban J connectivity index is 1.86. The second-order valence-corrected chi connectivity index (χ2v) is 5.75. The molecule has 3 aromatic rings. The average Bonchev–Trinajstić information content (AvgIpc) is 3.22. The highest BCUT2D eigenvalue weighted by Gasteiger charge is 2.16. The van der Waals surface area contributed by atoms with Gasteiger partial charge in [-0.2, -0.15) is 0 Å². The van der Waals surface area contributed by atoms with Crippen LogP contribution < -0.4 is 5.73 Å². The number of nitrogens with two attached hydrogens (primary N) is 1. The van der Waals surface area contributed by atoms with Crippen molar-refractivity contribution < 1.29 is 14.0 Å². The molecule has 0 radical (unpaired) electrons. The molecule has 116 valence electrons. The van der Waals surface area contributed by atoms with E-state index in [2.05, 4.69) is 5.16 Å². The van der Waals surface area contributed by atoms with Crippen molar-refractivity contribution in [2.24, 2.45) is 10.9 Å². The number of rotatable bonds is 4. The summed E-state index contributed by atoms with van der Waals surface area (Å²) in [5.74, 6) is 0.841. The molecule has 2 N–H and O–H groups in total. The molecule has 0 spiro atoms. The summed E-state index contributed by atoms with van der Waals surface area (Å²) >= 11 is 1.28. The molecule has 0 saturated carbocycles. The van der Waals surface area contributed by atoms with Crippen molar-refractivity contribution in [2.45, 2.75) is 6.92 Å². The minimum atomic E-state index is -0.538. The summed E-state index contributed by atoms with van der Waals surface area (Å²) in [5.41, 5.74) is 7.43. The van der Waals surface area contributed by atoms with E-state index in [0.29, 0.717) is 22.0 Å². The van der Waals surface area contributed by atoms with Gasteiger partial charge in [-0.05, 0) is 24.4 Å². The number of carbonyl (C=O) groups excluding carboxylic acids is 1. The van der Waals surface area contributed by atoms with Crippen molar-refractivity contribution in [1.29, 1.82) is 0 Å². The van der Waals surface area contributed by atoms with Gasteiger partial charge in [0.25, 0.3) is 0 Å². The zero-order valence-electron chi connectivity index (χ0n) is 12.4. The smallest absolute Gasteiger partial charge is 0.375 e.